The zero-order chi connectivity index (χ0) is 20.9. The molecule has 0 fully saturated rings. The molecular weight excluding hydrogens is 380 g/mol. The molecule has 0 aliphatic carbocycles. The van der Waals surface area contributed by atoms with Crippen LogP contribution < -0.4 is 4.74 Å². The van der Waals surface area contributed by atoms with E-state index in [4.69, 9.17) is 4.74 Å². The molecule has 0 saturated heterocycles. The lowest BCUT2D eigenvalue weighted by atomic mass is 9.79. The number of rotatable bonds is 2. The summed E-state index contributed by atoms with van der Waals surface area (Å²) in [7, 11) is 0. The fraction of sp³-hybridized carbons (Fsp3) is 0.143. The SMILES string of the molecule is Oc1ccc([C@H]2c3c(O)cc(O)cc3O[C@H](c3ccc(O)c(O)c3)[C@@H]2O)c(O)c1. The minimum Gasteiger partial charge on any atom is -0.508 e. The lowest BCUT2D eigenvalue weighted by molar-refractivity contribution is 0.00688. The molecule has 1 aliphatic heterocycles. The number of fused-ring (bicyclic) bond motifs is 1. The van der Waals surface area contributed by atoms with Crippen LogP contribution in [0, 0.1) is 0 Å². The Morgan fingerprint density at radius 2 is 1.38 bits per heavy atom. The smallest absolute Gasteiger partial charge is 0.157 e. The largest absolute Gasteiger partial charge is 0.508 e. The Balaban J connectivity index is 1.91. The van der Waals surface area contributed by atoms with Crippen molar-refractivity contribution in [2.24, 2.45) is 0 Å². The van der Waals surface area contributed by atoms with E-state index in [0.29, 0.717) is 5.56 Å². The van der Waals surface area contributed by atoms with Crippen molar-refractivity contribution in [3.63, 3.8) is 0 Å². The van der Waals surface area contributed by atoms with Crippen molar-refractivity contribution in [1.29, 1.82) is 0 Å². The van der Waals surface area contributed by atoms with Crippen LogP contribution in [0.3, 0.4) is 0 Å². The fourth-order valence-corrected chi connectivity index (χ4v) is 3.68. The Labute approximate surface area is 164 Å². The Hall–Kier alpha value is -3.78. The quantitative estimate of drug-likeness (QED) is 0.325. The van der Waals surface area contributed by atoms with Crippen LogP contribution in [0.1, 0.15) is 28.7 Å². The number of aliphatic hydroxyl groups excluding tert-OH is 1. The number of hydrogen-bond acceptors (Lipinski definition) is 8. The van der Waals surface area contributed by atoms with E-state index in [1.165, 1.54) is 36.4 Å². The summed E-state index contributed by atoms with van der Waals surface area (Å²) in [4.78, 5) is 0. The molecule has 0 amide bonds. The van der Waals surface area contributed by atoms with Gasteiger partial charge >= 0.3 is 0 Å². The zero-order valence-corrected chi connectivity index (χ0v) is 14.9. The lowest BCUT2D eigenvalue weighted by Gasteiger charge is -2.38. The van der Waals surface area contributed by atoms with Gasteiger partial charge in [0.25, 0.3) is 0 Å². The average Bonchev–Trinajstić information content (AvgIpc) is 2.65. The number of phenols is 6. The predicted molar refractivity (Wildman–Crippen MR) is 101 cm³/mol. The molecule has 0 spiro atoms. The summed E-state index contributed by atoms with van der Waals surface area (Å²) < 4.78 is 5.81. The molecule has 150 valence electrons. The van der Waals surface area contributed by atoms with Gasteiger partial charge in [-0.15, -0.1) is 0 Å². The van der Waals surface area contributed by atoms with E-state index in [0.717, 1.165) is 12.1 Å². The molecule has 0 saturated carbocycles. The van der Waals surface area contributed by atoms with Gasteiger partial charge in [-0.05, 0) is 23.8 Å². The number of phenolic OH excluding ortho intramolecular Hbond substituents is 6. The van der Waals surface area contributed by atoms with Crippen molar-refractivity contribution in [3.8, 4) is 40.2 Å². The van der Waals surface area contributed by atoms with E-state index in [1.807, 2.05) is 0 Å². The first-order chi connectivity index (χ1) is 13.8. The van der Waals surface area contributed by atoms with Crippen LogP contribution in [-0.2, 0) is 0 Å². The second-order valence-electron chi connectivity index (χ2n) is 6.87. The number of ether oxygens (including phenoxy) is 1. The Bertz CT molecular complexity index is 1090. The minimum absolute atomic E-state index is 0.0721. The van der Waals surface area contributed by atoms with Gasteiger partial charge < -0.3 is 40.5 Å². The summed E-state index contributed by atoms with van der Waals surface area (Å²) in [6.07, 6.45) is -2.40. The third kappa shape index (κ3) is 3.09. The molecule has 29 heavy (non-hydrogen) atoms. The number of hydrogen-bond donors (Lipinski definition) is 7. The van der Waals surface area contributed by atoms with Gasteiger partial charge in [0.05, 0.1) is 0 Å². The number of aromatic hydroxyl groups is 6. The molecule has 3 aromatic carbocycles. The zero-order valence-electron chi connectivity index (χ0n) is 14.9. The summed E-state index contributed by atoms with van der Waals surface area (Å²) in [5.74, 6) is -2.76. The molecule has 3 atom stereocenters. The van der Waals surface area contributed by atoms with Crippen LogP contribution in [0.15, 0.2) is 48.5 Å². The van der Waals surface area contributed by atoms with Crippen molar-refractivity contribution >= 4 is 0 Å². The van der Waals surface area contributed by atoms with Crippen molar-refractivity contribution in [2.45, 2.75) is 18.1 Å². The molecule has 1 aliphatic rings. The second kappa shape index (κ2) is 6.68. The standard InChI is InChI=1S/C21H18O8/c22-10-2-3-12(14(25)6-10)18-19-16(27)7-11(23)8-17(19)29-21(20(18)28)9-1-4-13(24)15(26)5-9/h1-8,18,20-28H/t18-,20+,21+/m0/s1. The van der Waals surface area contributed by atoms with E-state index < -0.39 is 23.9 Å². The topological polar surface area (TPSA) is 151 Å². The molecule has 0 aromatic heterocycles. The summed E-state index contributed by atoms with van der Waals surface area (Å²) in [5, 5.41) is 70.7. The first-order valence-electron chi connectivity index (χ1n) is 8.70. The molecule has 8 heteroatoms. The number of benzene rings is 3. The molecule has 4 rings (SSSR count). The second-order valence-corrected chi connectivity index (χ2v) is 6.87. The maximum absolute atomic E-state index is 11.1. The van der Waals surface area contributed by atoms with E-state index in [-0.39, 0.29) is 45.6 Å². The Morgan fingerprint density at radius 3 is 2.07 bits per heavy atom. The first kappa shape index (κ1) is 18.6. The highest BCUT2D eigenvalue weighted by Gasteiger charge is 2.42. The van der Waals surface area contributed by atoms with Crippen molar-refractivity contribution in [2.75, 3.05) is 0 Å². The highest BCUT2D eigenvalue weighted by molar-refractivity contribution is 5.59. The van der Waals surface area contributed by atoms with Crippen LogP contribution in [-0.4, -0.2) is 41.8 Å². The van der Waals surface area contributed by atoms with Crippen LogP contribution >= 0.6 is 0 Å². The lowest BCUT2D eigenvalue weighted by Crippen LogP contribution is -2.35. The third-order valence-electron chi connectivity index (χ3n) is 5.00. The third-order valence-corrected chi connectivity index (χ3v) is 5.00. The summed E-state index contributed by atoms with van der Waals surface area (Å²) >= 11 is 0. The normalized spacial score (nSPS) is 20.7. The van der Waals surface area contributed by atoms with Gasteiger partial charge in [-0.2, -0.15) is 0 Å². The van der Waals surface area contributed by atoms with E-state index >= 15 is 0 Å². The van der Waals surface area contributed by atoms with Gasteiger partial charge in [-0.25, -0.2) is 0 Å². The van der Waals surface area contributed by atoms with Crippen LogP contribution in [0.5, 0.6) is 40.2 Å². The molecule has 0 unspecified atom stereocenters. The van der Waals surface area contributed by atoms with Crippen LogP contribution in [0.4, 0.5) is 0 Å². The van der Waals surface area contributed by atoms with Crippen molar-refractivity contribution in [3.05, 3.63) is 65.2 Å². The van der Waals surface area contributed by atoms with Crippen LogP contribution in [0.2, 0.25) is 0 Å². The van der Waals surface area contributed by atoms with Crippen molar-refractivity contribution in [1.82, 2.24) is 0 Å². The molecule has 7 N–H and O–H groups in total. The molecule has 0 radical (unpaired) electrons. The maximum Gasteiger partial charge on any atom is 0.157 e. The molecular formula is C21H18O8. The maximum atomic E-state index is 11.1. The average molecular weight is 398 g/mol. The van der Waals surface area contributed by atoms with Gasteiger partial charge in [0.15, 0.2) is 17.6 Å². The van der Waals surface area contributed by atoms with Crippen molar-refractivity contribution < 1.29 is 40.5 Å². The first-order valence-corrected chi connectivity index (χ1v) is 8.70. The van der Waals surface area contributed by atoms with E-state index in [1.54, 1.807) is 0 Å². The summed E-state index contributed by atoms with van der Waals surface area (Å²) in [6, 6.07) is 10.1. The Kier molecular flexibility index (Phi) is 4.28. The molecule has 8 nitrogen and oxygen atoms in total. The van der Waals surface area contributed by atoms with Gasteiger partial charge in [0, 0.05) is 35.2 Å². The highest BCUT2D eigenvalue weighted by Crippen LogP contribution is 2.52. The van der Waals surface area contributed by atoms with Gasteiger partial charge in [-0.3, -0.25) is 0 Å². The van der Waals surface area contributed by atoms with Gasteiger partial charge in [-0.1, -0.05) is 12.1 Å². The number of aliphatic hydroxyl groups is 1. The summed E-state index contributed by atoms with van der Waals surface area (Å²) in [6.45, 7) is 0. The van der Waals surface area contributed by atoms with Gasteiger partial charge in [0.2, 0.25) is 0 Å². The van der Waals surface area contributed by atoms with E-state index in [9.17, 15) is 35.7 Å². The molecule has 0 bridgehead atoms. The van der Waals surface area contributed by atoms with E-state index in [2.05, 4.69) is 0 Å². The summed E-state index contributed by atoms with van der Waals surface area (Å²) in [5.41, 5.74) is 0.689. The molecule has 1 heterocycles. The van der Waals surface area contributed by atoms with Crippen LogP contribution in [0.25, 0.3) is 0 Å². The Morgan fingerprint density at radius 1 is 0.655 bits per heavy atom. The predicted octanol–water partition coefficient (Wildman–Crippen LogP) is 2.55. The van der Waals surface area contributed by atoms with Gasteiger partial charge in [0.1, 0.15) is 34.9 Å². The monoisotopic (exact) mass is 398 g/mol. The molecule has 3 aromatic rings. The minimum atomic E-state index is -1.34. The fourth-order valence-electron chi connectivity index (χ4n) is 3.68. The highest BCUT2D eigenvalue weighted by atomic mass is 16.5.